The highest BCUT2D eigenvalue weighted by molar-refractivity contribution is 6.15. The number of para-hydroxylation sites is 2. The van der Waals surface area contributed by atoms with Crippen LogP contribution in [0.1, 0.15) is 49.4 Å². The summed E-state index contributed by atoms with van der Waals surface area (Å²) in [6, 6.07) is 8.85. The minimum Gasteiger partial charge on any atom is -0.449 e. The molecule has 0 radical (unpaired) electrons. The van der Waals surface area contributed by atoms with E-state index in [0.717, 1.165) is 17.9 Å². The number of hydrogen-bond donors (Lipinski definition) is 1. The smallest absolute Gasteiger partial charge is 0.340 e. The van der Waals surface area contributed by atoms with E-state index in [1.54, 1.807) is 44.2 Å². The molecule has 7 heteroatoms. The van der Waals surface area contributed by atoms with Gasteiger partial charge in [0, 0.05) is 17.9 Å². The number of carbonyl (C=O) groups is 3. The van der Waals surface area contributed by atoms with Gasteiger partial charge >= 0.3 is 5.97 Å². The van der Waals surface area contributed by atoms with E-state index in [9.17, 15) is 14.4 Å². The highest BCUT2D eigenvalue weighted by atomic mass is 16.5. The first-order chi connectivity index (χ1) is 13.6. The van der Waals surface area contributed by atoms with E-state index in [2.05, 4.69) is 5.32 Å². The Morgan fingerprint density at radius 2 is 1.86 bits per heavy atom. The van der Waals surface area contributed by atoms with Gasteiger partial charge in [-0.05, 0) is 59.7 Å². The van der Waals surface area contributed by atoms with Crippen LogP contribution < -0.4 is 10.2 Å². The third-order valence-electron chi connectivity index (χ3n) is 5.47. The maximum Gasteiger partial charge on any atom is 0.340 e. The quantitative estimate of drug-likeness (QED) is 0.802. The Morgan fingerprint density at radius 1 is 1.21 bits per heavy atom. The number of hydrogen-bond acceptors (Lipinski definition) is 4. The lowest BCUT2D eigenvalue weighted by atomic mass is 9.95. The molecule has 1 atom stereocenters. The number of aryl methyl sites for hydroxylation is 1. The van der Waals surface area contributed by atoms with E-state index in [4.69, 9.17) is 4.74 Å². The number of esters is 1. The zero-order valence-electron chi connectivity index (χ0n) is 17.7. The van der Waals surface area contributed by atoms with Crippen LogP contribution in [0.15, 0.2) is 30.3 Å². The lowest BCUT2D eigenvalue weighted by Gasteiger charge is -2.42. The standard InChI is InChI=1S/C22H27N3O4/c1-7-24-13(2)12-16(14(24)3)20(27)29-15(4)19(26)25-18-11-9-8-10-17(18)23-21(28)22(25,5)6/h8-12,15H,7H2,1-6H3,(H,23,28)/t15-/m0/s1. The number of rotatable bonds is 4. The van der Waals surface area contributed by atoms with Crippen molar-refractivity contribution in [3.63, 3.8) is 0 Å². The number of aromatic nitrogens is 1. The van der Waals surface area contributed by atoms with Gasteiger partial charge in [0.2, 0.25) is 5.91 Å². The van der Waals surface area contributed by atoms with Crippen LogP contribution in [0.2, 0.25) is 0 Å². The van der Waals surface area contributed by atoms with E-state index < -0.39 is 23.5 Å². The molecule has 0 bridgehead atoms. The molecule has 29 heavy (non-hydrogen) atoms. The minimum absolute atomic E-state index is 0.297. The minimum atomic E-state index is -1.12. The highest BCUT2D eigenvalue weighted by Gasteiger charge is 2.45. The van der Waals surface area contributed by atoms with Crippen molar-refractivity contribution >= 4 is 29.2 Å². The topological polar surface area (TPSA) is 80.6 Å². The first-order valence-electron chi connectivity index (χ1n) is 9.71. The van der Waals surface area contributed by atoms with Gasteiger partial charge in [-0.1, -0.05) is 12.1 Å². The molecule has 2 aromatic rings. The summed E-state index contributed by atoms with van der Waals surface area (Å²) in [7, 11) is 0. The first-order valence-corrected chi connectivity index (χ1v) is 9.71. The normalized spacial score (nSPS) is 16.1. The van der Waals surface area contributed by atoms with Gasteiger partial charge in [0.15, 0.2) is 6.10 Å². The molecular weight excluding hydrogens is 370 g/mol. The molecule has 0 saturated heterocycles. The predicted molar refractivity (Wildman–Crippen MR) is 111 cm³/mol. The average molecular weight is 397 g/mol. The molecule has 0 aliphatic carbocycles. The van der Waals surface area contributed by atoms with Gasteiger partial charge in [0.1, 0.15) is 5.54 Å². The molecule has 0 saturated carbocycles. The molecule has 0 fully saturated rings. The van der Waals surface area contributed by atoms with Crippen LogP contribution in [-0.2, 0) is 20.9 Å². The predicted octanol–water partition coefficient (Wildman–Crippen LogP) is 3.43. The molecule has 0 spiro atoms. The van der Waals surface area contributed by atoms with E-state index in [-0.39, 0.29) is 5.91 Å². The van der Waals surface area contributed by atoms with Crippen LogP contribution in [0.4, 0.5) is 11.4 Å². The molecule has 1 aromatic carbocycles. The van der Waals surface area contributed by atoms with Gasteiger partial charge in [-0.25, -0.2) is 4.79 Å². The number of nitrogens with zero attached hydrogens (tertiary/aromatic N) is 2. The molecular formula is C22H27N3O4. The van der Waals surface area contributed by atoms with Gasteiger partial charge in [-0.15, -0.1) is 0 Å². The second kappa shape index (κ2) is 7.39. The zero-order valence-corrected chi connectivity index (χ0v) is 17.7. The second-order valence-electron chi connectivity index (χ2n) is 7.78. The Hall–Kier alpha value is -3.09. The maximum atomic E-state index is 13.3. The molecule has 0 unspecified atom stereocenters. The fourth-order valence-corrected chi connectivity index (χ4v) is 3.80. The summed E-state index contributed by atoms with van der Waals surface area (Å²) in [6.45, 7) is 11.4. The summed E-state index contributed by atoms with van der Waals surface area (Å²) in [5.74, 6) is -1.30. The average Bonchev–Trinajstić information content (AvgIpc) is 2.95. The van der Waals surface area contributed by atoms with Gasteiger partial charge in [-0.2, -0.15) is 0 Å². The Labute approximate surface area is 170 Å². The van der Waals surface area contributed by atoms with Crippen molar-refractivity contribution in [3.8, 4) is 0 Å². The van der Waals surface area contributed by atoms with Crippen LogP contribution in [0, 0.1) is 13.8 Å². The van der Waals surface area contributed by atoms with Crippen molar-refractivity contribution in [3.05, 3.63) is 47.3 Å². The van der Waals surface area contributed by atoms with E-state index in [1.807, 2.05) is 25.3 Å². The number of anilines is 2. The third-order valence-corrected chi connectivity index (χ3v) is 5.47. The molecule has 1 aromatic heterocycles. The summed E-state index contributed by atoms with van der Waals surface area (Å²) >= 11 is 0. The molecule has 7 nitrogen and oxygen atoms in total. The van der Waals surface area contributed by atoms with Crippen molar-refractivity contribution in [2.45, 2.75) is 59.7 Å². The monoisotopic (exact) mass is 397 g/mol. The molecule has 154 valence electrons. The molecule has 2 amide bonds. The first kappa shape index (κ1) is 20.6. The Bertz CT molecular complexity index is 990. The lowest BCUT2D eigenvalue weighted by molar-refractivity contribution is -0.131. The molecule has 2 heterocycles. The van der Waals surface area contributed by atoms with Gasteiger partial charge in [0.25, 0.3) is 5.91 Å². The van der Waals surface area contributed by atoms with Crippen molar-refractivity contribution in [1.82, 2.24) is 4.57 Å². The number of nitrogens with one attached hydrogen (secondary N) is 1. The number of amides is 2. The number of carbonyl (C=O) groups excluding carboxylic acids is 3. The van der Waals surface area contributed by atoms with Crippen LogP contribution in [0.3, 0.4) is 0 Å². The molecule has 1 aliphatic rings. The van der Waals surface area contributed by atoms with Crippen molar-refractivity contribution < 1.29 is 19.1 Å². The Kier molecular flexibility index (Phi) is 5.26. The van der Waals surface area contributed by atoms with Gasteiger partial charge in [-0.3, -0.25) is 14.5 Å². The molecule has 3 rings (SSSR count). The van der Waals surface area contributed by atoms with E-state index in [0.29, 0.717) is 16.9 Å². The number of fused-ring (bicyclic) bond motifs is 1. The van der Waals surface area contributed by atoms with Crippen molar-refractivity contribution in [1.29, 1.82) is 0 Å². The maximum absolute atomic E-state index is 13.3. The Balaban J connectivity index is 1.88. The van der Waals surface area contributed by atoms with E-state index >= 15 is 0 Å². The number of benzene rings is 1. The summed E-state index contributed by atoms with van der Waals surface area (Å²) in [5, 5.41) is 2.82. The fraction of sp³-hybridized carbons (Fsp3) is 0.409. The summed E-state index contributed by atoms with van der Waals surface area (Å²) in [5.41, 5.74) is 2.21. The highest BCUT2D eigenvalue weighted by Crippen LogP contribution is 2.37. The van der Waals surface area contributed by atoms with Crippen LogP contribution in [0.25, 0.3) is 0 Å². The van der Waals surface area contributed by atoms with Crippen LogP contribution in [-0.4, -0.2) is 34.0 Å². The van der Waals surface area contributed by atoms with Crippen molar-refractivity contribution in [2.75, 3.05) is 10.2 Å². The van der Waals surface area contributed by atoms with Crippen LogP contribution >= 0.6 is 0 Å². The second-order valence-corrected chi connectivity index (χ2v) is 7.78. The Morgan fingerprint density at radius 3 is 2.48 bits per heavy atom. The number of ether oxygens (including phenoxy) is 1. The van der Waals surface area contributed by atoms with Gasteiger partial charge < -0.3 is 14.6 Å². The molecule has 1 N–H and O–H groups in total. The van der Waals surface area contributed by atoms with Crippen molar-refractivity contribution in [2.24, 2.45) is 0 Å². The van der Waals surface area contributed by atoms with E-state index in [1.165, 1.54) is 11.8 Å². The third kappa shape index (κ3) is 3.41. The SMILES string of the molecule is CCn1c(C)cc(C(=O)O[C@@H](C)C(=O)N2c3ccccc3NC(=O)C2(C)C)c1C. The zero-order chi connectivity index (χ0) is 21.5. The summed E-state index contributed by atoms with van der Waals surface area (Å²) in [4.78, 5) is 40.0. The van der Waals surface area contributed by atoms with Gasteiger partial charge in [0.05, 0.1) is 16.9 Å². The van der Waals surface area contributed by atoms with Crippen LogP contribution in [0.5, 0.6) is 0 Å². The summed E-state index contributed by atoms with van der Waals surface area (Å²) < 4.78 is 7.52. The largest absolute Gasteiger partial charge is 0.449 e. The summed E-state index contributed by atoms with van der Waals surface area (Å²) in [6.07, 6.45) is -1.05. The lowest BCUT2D eigenvalue weighted by Crippen LogP contribution is -2.60. The molecule has 1 aliphatic heterocycles. The fourth-order valence-electron chi connectivity index (χ4n) is 3.80.